The second-order valence-corrected chi connectivity index (χ2v) is 2.95. The summed E-state index contributed by atoms with van der Waals surface area (Å²) >= 11 is 0. The molecule has 1 amide bonds. The van der Waals surface area contributed by atoms with Gasteiger partial charge >= 0.3 is 0 Å². The van der Waals surface area contributed by atoms with E-state index in [4.69, 9.17) is 0 Å². The molecule has 0 saturated carbocycles. The molecular formula is C7H15NO3. The van der Waals surface area contributed by atoms with Gasteiger partial charge in [-0.25, -0.2) is 5.48 Å². The second-order valence-electron chi connectivity index (χ2n) is 2.95. The Morgan fingerprint density at radius 3 is 2.55 bits per heavy atom. The SMILES string of the molecule is CCONC(=O)CC(C)(C)O. The summed E-state index contributed by atoms with van der Waals surface area (Å²) in [5, 5.41) is 9.17. The van der Waals surface area contributed by atoms with E-state index in [1.807, 2.05) is 0 Å². The highest BCUT2D eigenvalue weighted by atomic mass is 16.6. The van der Waals surface area contributed by atoms with E-state index in [2.05, 4.69) is 10.3 Å². The van der Waals surface area contributed by atoms with Gasteiger partial charge < -0.3 is 5.11 Å². The molecule has 0 atom stereocenters. The third-order valence-electron chi connectivity index (χ3n) is 0.924. The first kappa shape index (κ1) is 10.4. The number of carbonyl (C=O) groups is 1. The van der Waals surface area contributed by atoms with E-state index in [0.717, 1.165) is 0 Å². The highest BCUT2D eigenvalue weighted by Crippen LogP contribution is 2.05. The quantitative estimate of drug-likeness (QED) is 0.580. The molecule has 0 aromatic carbocycles. The summed E-state index contributed by atoms with van der Waals surface area (Å²) in [6.45, 7) is 5.33. The smallest absolute Gasteiger partial charge is 0.246 e. The molecule has 0 rings (SSSR count). The topological polar surface area (TPSA) is 58.6 Å². The largest absolute Gasteiger partial charge is 0.390 e. The summed E-state index contributed by atoms with van der Waals surface area (Å²) in [4.78, 5) is 15.5. The lowest BCUT2D eigenvalue weighted by Crippen LogP contribution is -2.32. The lowest BCUT2D eigenvalue weighted by Gasteiger charge is -2.15. The zero-order valence-corrected chi connectivity index (χ0v) is 7.18. The van der Waals surface area contributed by atoms with Gasteiger partial charge in [0.2, 0.25) is 5.91 Å². The van der Waals surface area contributed by atoms with Gasteiger partial charge in [-0.2, -0.15) is 0 Å². The summed E-state index contributed by atoms with van der Waals surface area (Å²) in [6, 6.07) is 0. The molecule has 0 aromatic heterocycles. The summed E-state index contributed by atoms with van der Waals surface area (Å²) < 4.78 is 0. The highest BCUT2D eigenvalue weighted by molar-refractivity contribution is 5.75. The van der Waals surface area contributed by atoms with Crippen LogP contribution in [-0.2, 0) is 9.63 Å². The number of rotatable bonds is 4. The molecule has 0 aliphatic rings. The predicted molar refractivity (Wildman–Crippen MR) is 40.7 cm³/mol. The Hall–Kier alpha value is -0.610. The van der Waals surface area contributed by atoms with Crippen LogP contribution in [0.2, 0.25) is 0 Å². The molecule has 0 bridgehead atoms. The van der Waals surface area contributed by atoms with Crippen LogP contribution in [0.3, 0.4) is 0 Å². The van der Waals surface area contributed by atoms with Crippen LogP contribution in [0.25, 0.3) is 0 Å². The third kappa shape index (κ3) is 7.29. The van der Waals surface area contributed by atoms with E-state index in [9.17, 15) is 9.90 Å². The molecule has 2 N–H and O–H groups in total. The summed E-state index contributed by atoms with van der Waals surface area (Å²) in [7, 11) is 0. The van der Waals surface area contributed by atoms with E-state index in [1.165, 1.54) is 0 Å². The molecule has 0 aliphatic carbocycles. The second kappa shape index (κ2) is 4.31. The van der Waals surface area contributed by atoms with Crippen molar-refractivity contribution in [1.29, 1.82) is 0 Å². The molecule has 0 heterocycles. The Morgan fingerprint density at radius 1 is 1.64 bits per heavy atom. The molecule has 0 radical (unpaired) electrons. The van der Waals surface area contributed by atoms with Gasteiger partial charge in [-0.05, 0) is 20.8 Å². The van der Waals surface area contributed by atoms with Crippen LogP contribution in [0.15, 0.2) is 0 Å². The van der Waals surface area contributed by atoms with Gasteiger partial charge in [0.1, 0.15) is 0 Å². The number of amides is 1. The minimum atomic E-state index is -0.971. The monoisotopic (exact) mass is 161 g/mol. The van der Waals surface area contributed by atoms with E-state index in [1.54, 1.807) is 20.8 Å². The van der Waals surface area contributed by atoms with Crippen molar-refractivity contribution >= 4 is 5.91 Å². The Kier molecular flexibility index (Phi) is 4.07. The maximum atomic E-state index is 10.8. The van der Waals surface area contributed by atoms with Gasteiger partial charge in [-0.3, -0.25) is 9.63 Å². The fraction of sp³-hybridized carbons (Fsp3) is 0.857. The Balaban J connectivity index is 3.53. The summed E-state index contributed by atoms with van der Waals surface area (Å²) in [6.07, 6.45) is 0.0486. The first-order chi connectivity index (χ1) is 4.95. The van der Waals surface area contributed by atoms with Crippen molar-refractivity contribution in [1.82, 2.24) is 5.48 Å². The van der Waals surface area contributed by atoms with Crippen molar-refractivity contribution in [2.45, 2.75) is 32.8 Å². The van der Waals surface area contributed by atoms with E-state index >= 15 is 0 Å². The minimum Gasteiger partial charge on any atom is -0.390 e. The van der Waals surface area contributed by atoms with Crippen LogP contribution in [-0.4, -0.2) is 23.2 Å². The standard InChI is InChI=1S/C7H15NO3/c1-4-11-8-6(9)5-7(2,3)10/h10H,4-5H2,1-3H3,(H,8,9). The van der Waals surface area contributed by atoms with Crippen molar-refractivity contribution in [3.63, 3.8) is 0 Å². The van der Waals surface area contributed by atoms with Crippen LogP contribution in [0, 0.1) is 0 Å². The molecular weight excluding hydrogens is 146 g/mol. The molecule has 4 nitrogen and oxygen atoms in total. The number of hydroxylamine groups is 1. The molecule has 66 valence electrons. The summed E-state index contributed by atoms with van der Waals surface area (Å²) in [5.74, 6) is -0.306. The zero-order chi connectivity index (χ0) is 8.91. The van der Waals surface area contributed by atoms with Crippen LogP contribution in [0.1, 0.15) is 27.2 Å². The summed E-state index contributed by atoms with van der Waals surface area (Å²) in [5.41, 5.74) is 1.22. The fourth-order valence-electron chi connectivity index (χ4n) is 0.582. The van der Waals surface area contributed by atoms with Crippen LogP contribution in [0.5, 0.6) is 0 Å². The lowest BCUT2D eigenvalue weighted by atomic mass is 10.1. The third-order valence-corrected chi connectivity index (χ3v) is 0.924. The predicted octanol–water partition coefficient (Wildman–Crippen LogP) is 0.215. The molecule has 0 spiro atoms. The number of hydrogen-bond acceptors (Lipinski definition) is 3. The van der Waals surface area contributed by atoms with Gasteiger partial charge in [0, 0.05) is 0 Å². The van der Waals surface area contributed by atoms with Crippen molar-refractivity contribution in [3.8, 4) is 0 Å². The van der Waals surface area contributed by atoms with Crippen molar-refractivity contribution in [3.05, 3.63) is 0 Å². The minimum absolute atomic E-state index is 0.0486. The van der Waals surface area contributed by atoms with Crippen LogP contribution < -0.4 is 5.48 Å². The first-order valence-corrected chi connectivity index (χ1v) is 3.58. The van der Waals surface area contributed by atoms with Crippen molar-refractivity contribution in [2.24, 2.45) is 0 Å². The molecule has 0 aromatic rings. The van der Waals surface area contributed by atoms with Gasteiger partial charge in [0.25, 0.3) is 0 Å². The van der Waals surface area contributed by atoms with E-state index in [0.29, 0.717) is 6.61 Å². The number of hydrogen-bond donors (Lipinski definition) is 2. The van der Waals surface area contributed by atoms with Gasteiger partial charge in [0.15, 0.2) is 0 Å². The Bertz CT molecular complexity index is 128. The zero-order valence-electron chi connectivity index (χ0n) is 7.18. The van der Waals surface area contributed by atoms with Crippen molar-refractivity contribution < 1.29 is 14.7 Å². The molecule has 0 fully saturated rings. The molecule has 4 heteroatoms. The molecule has 0 saturated heterocycles. The maximum Gasteiger partial charge on any atom is 0.246 e. The first-order valence-electron chi connectivity index (χ1n) is 3.58. The van der Waals surface area contributed by atoms with E-state index < -0.39 is 5.60 Å². The Labute approximate surface area is 66.5 Å². The highest BCUT2D eigenvalue weighted by Gasteiger charge is 2.17. The molecule has 0 aliphatic heterocycles. The molecule has 11 heavy (non-hydrogen) atoms. The molecule has 0 unspecified atom stereocenters. The van der Waals surface area contributed by atoms with Crippen LogP contribution >= 0.6 is 0 Å². The maximum absolute atomic E-state index is 10.8. The normalized spacial score (nSPS) is 11.3. The lowest BCUT2D eigenvalue weighted by molar-refractivity contribution is -0.137. The van der Waals surface area contributed by atoms with Crippen LogP contribution in [0.4, 0.5) is 0 Å². The van der Waals surface area contributed by atoms with Gasteiger partial charge in [-0.15, -0.1) is 0 Å². The van der Waals surface area contributed by atoms with Crippen molar-refractivity contribution in [2.75, 3.05) is 6.61 Å². The number of carbonyl (C=O) groups excluding carboxylic acids is 1. The fourth-order valence-corrected chi connectivity index (χ4v) is 0.582. The van der Waals surface area contributed by atoms with E-state index in [-0.39, 0.29) is 12.3 Å². The number of aliphatic hydroxyl groups is 1. The average molecular weight is 161 g/mol. The number of nitrogens with one attached hydrogen (secondary N) is 1. The Morgan fingerprint density at radius 2 is 2.18 bits per heavy atom. The van der Waals surface area contributed by atoms with Gasteiger partial charge in [0.05, 0.1) is 18.6 Å². The van der Waals surface area contributed by atoms with Gasteiger partial charge in [-0.1, -0.05) is 0 Å². The average Bonchev–Trinajstić information content (AvgIpc) is 1.79.